The molecule has 0 aromatic carbocycles. The topological polar surface area (TPSA) is 54.4 Å². The minimum atomic E-state index is -3.25. The van der Waals surface area contributed by atoms with Crippen molar-refractivity contribution < 1.29 is 13.5 Å². The molecule has 0 bridgehead atoms. The fourth-order valence-electron chi connectivity index (χ4n) is 1.06. The van der Waals surface area contributed by atoms with Crippen LogP contribution in [0.2, 0.25) is 0 Å². The smallest absolute Gasteiger partial charge is 0.203 e. The van der Waals surface area contributed by atoms with Gasteiger partial charge in [-0.25, -0.2) is 8.42 Å². The lowest BCUT2D eigenvalue weighted by Crippen LogP contribution is -2.40. The van der Waals surface area contributed by atoms with E-state index < -0.39 is 17.6 Å². The van der Waals surface area contributed by atoms with E-state index in [0.29, 0.717) is 0 Å². The van der Waals surface area contributed by atoms with Gasteiger partial charge in [-0.05, 0) is 41.4 Å². The quantitative estimate of drug-likeness (QED) is 0.594. The molecule has 1 N–H and O–H groups in total. The fraction of sp³-hybridized carbons (Fsp3) is 1.00. The van der Waals surface area contributed by atoms with Crippen molar-refractivity contribution in [3.63, 3.8) is 0 Å². The van der Waals surface area contributed by atoms with Crippen LogP contribution in [-0.4, -0.2) is 27.0 Å². The molecule has 78 valence electrons. The molecule has 1 fully saturated rings. The number of aliphatic hydroxyl groups is 1. The first-order valence-electron chi connectivity index (χ1n) is 4.11. The maximum atomic E-state index is 11.6. The highest BCUT2D eigenvalue weighted by molar-refractivity contribution is 14.1. The highest BCUT2D eigenvalue weighted by Crippen LogP contribution is 2.47. The van der Waals surface area contributed by atoms with Crippen molar-refractivity contribution in [1.82, 2.24) is 0 Å². The van der Waals surface area contributed by atoms with Crippen molar-refractivity contribution in [3.05, 3.63) is 0 Å². The summed E-state index contributed by atoms with van der Waals surface area (Å²) in [5.74, 6) is 0.197. The maximum Gasteiger partial charge on any atom is 0.203 e. The number of hydrogen-bond acceptors (Lipinski definition) is 3. The van der Waals surface area contributed by atoms with E-state index in [1.807, 2.05) is 0 Å². The molecule has 0 saturated heterocycles. The molecule has 1 rings (SSSR count). The zero-order valence-corrected chi connectivity index (χ0v) is 11.8. The van der Waals surface area contributed by atoms with Crippen LogP contribution in [0.3, 0.4) is 0 Å². The van der Waals surface area contributed by atoms with Gasteiger partial charge in [0.25, 0.3) is 0 Å². The Balaban J connectivity index is 2.85. The summed E-state index contributed by atoms with van der Waals surface area (Å²) in [4.78, 5) is 0. The van der Waals surface area contributed by atoms with Gasteiger partial charge in [0.05, 0.1) is 6.10 Å². The van der Waals surface area contributed by atoms with Gasteiger partial charge in [-0.2, -0.15) is 0 Å². The van der Waals surface area contributed by atoms with E-state index in [-0.39, 0.29) is 11.7 Å². The zero-order chi connectivity index (χ0) is 10.3. The first-order chi connectivity index (χ1) is 5.83. The summed E-state index contributed by atoms with van der Waals surface area (Å²) in [6.45, 7) is 1.59. The van der Waals surface area contributed by atoms with Gasteiger partial charge in [0.15, 0.2) is 9.84 Å². The van der Waals surface area contributed by atoms with Crippen LogP contribution in [0.5, 0.6) is 0 Å². The summed E-state index contributed by atoms with van der Waals surface area (Å²) >= 11 is 4.90. The third kappa shape index (κ3) is 2.38. The van der Waals surface area contributed by atoms with Crippen LogP contribution in [0, 0.1) is 5.92 Å². The van der Waals surface area contributed by atoms with Crippen LogP contribution in [0.15, 0.2) is 0 Å². The molecule has 1 aliphatic rings. The second-order valence-electron chi connectivity index (χ2n) is 3.25. The van der Waals surface area contributed by atoms with E-state index >= 15 is 0 Å². The minimum absolute atomic E-state index is 0.0466. The molecule has 0 radical (unpaired) electrons. The Hall–Kier alpha value is 1.12. The number of halogens is 2. The molecule has 6 heteroatoms. The van der Waals surface area contributed by atoms with Crippen LogP contribution in [-0.2, 0) is 9.84 Å². The second kappa shape index (κ2) is 3.94. The number of aliphatic hydroxyl groups excluding tert-OH is 1. The Morgan fingerprint density at radius 2 is 2.15 bits per heavy atom. The Morgan fingerprint density at radius 1 is 1.69 bits per heavy atom. The van der Waals surface area contributed by atoms with E-state index in [2.05, 4.69) is 15.9 Å². The molecule has 0 aromatic rings. The van der Waals surface area contributed by atoms with Gasteiger partial charge < -0.3 is 5.11 Å². The normalized spacial score (nSPS) is 25.2. The molecule has 0 amide bonds. The zero-order valence-electron chi connectivity index (χ0n) is 7.20. The van der Waals surface area contributed by atoms with E-state index in [0.717, 1.165) is 12.8 Å². The highest BCUT2D eigenvalue weighted by atomic mass is 127. The van der Waals surface area contributed by atoms with Crippen LogP contribution >= 0.6 is 38.5 Å². The minimum Gasteiger partial charge on any atom is -0.389 e. The van der Waals surface area contributed by atoms with Crippen molar-refractivity contribution in [2.24, 2.45) is 5.92 Å². The Morgan fingerprint density at radius 3 is 2.46 bits per heavy atom. The first-order valence-corrected chi connectivity index (χ1v) is 7.63. The van der Waals surface area contributed by atoms with Crippen molar-refractivity contribution >= 4 is 48.4 Å². The molecular formula is C7H12BrIO3S. The monoisotopic (exact) mass is 382 g/mol. The lowest BCUT2D eigenvalue weighted by molar-refractivity contribution is 0.164. The second-order valence-corrected chi connectivity index (χ2v) is 11.4. The predicted octanol–water partition coefficient (Wildman–Crippen LogP) is 1.68. The Kier molecular flexibility index (Phi) is 3.69. The molecular weight excluding hydrogens is 371 g/mol. The molecule has 0 heterocycles. The summed E-state index contributed by atoms with van der Waals surface area (Å²) in [5.41, 5.74) is 0. The summed E-state index contributed by atoms with van der Waals surface area (Å²) in [7, 11) is -3.25. The fourth-order valence-corrected chi connectivity index (χ4v) is 4.51. The molecule has 13 heavy (non-hydrogen) atoms. The summed E-state index contributed by atoms with van der Waals surface area (Å²) < 4.78 is 22.0. The Labute approximate surface area is 100 Å². The van der Waals surface area contributed by atoms with Crippen LogP contribution in [0.25, 0.3) is 0 Å². The lowest BCUT2D eigenvalue weighted by atomic mass is 10.3. The predicted molar refractivity (Wildman–Crippen MR) is 63.9 cm³/mol. The molecule has 3 nitrogen and oxygen atoms in total. The van der Waals surface area contributed by atoms with E-state index in [1.54, 1.807) is 29.5 Å². The third-order valence-electron chi connectivity index (χ3n) is 2.21. The molecule has 0 spiro atoms. The summed E-state index contributed by atoms with van der Waals surface area (Å²) in [6.07, 6.45) is 1.06. The van der Waals surface area contributed by atoms with E-state index in [1.165, 1.54) is 0 Å². The van der Waals surface area contributed by atoms with Crippen molar-refractivity contribution in [2.75, 3.05) is 5.75 Å². The van der Waals surface area contributed by atoms with E-state index in [9.17, 15) is 13.5 Å². The Bertz CT molecular complexity index is 284. The van der Waals surface area contributed by atoms with Crippen molar-refractivity contribution in [3.8, 4) is 0 Å². The van der Waals surface area contributed by atoms with E-state index in [4.69, 9.17) is 0 Å². The largest absolute Gasteiger partial charge is 0.389 e. The van der Waals surface area contributed by atoms with Crippen LogP contribution < -0.4 is 0 Å². The highest BCUT2D eigenvalue weighted by Gasteiger charge is 2.50. The third-order valence-corrected chi connectivity index (χ3v) is 8.64. The molecule has 0 aromatic heterocycles. The number of alkyl halides is 2. The van der Waals surface area contributed by atoms with Gasteiger partial charge in [0.2, 0.25) is 1.66 Å². The van der Waals surface area contributed by atoms with Gasteiger partial charge in [0, 0.05) is 5.75 Å². The number of hydrogen-bond donors (Lipinski definition) is 1. The molecule has 1 saturated carbocycles. The molecule has 0 unspecified atom stereocenters. The lowest BCUT2D eigenvalue weighted by Gasteiger charge is -2.25. The van der Waals surface area contributed by atoms with Gasteiger partial charge in [-0.3, -0.25) is 0 Å². The molecule has 2 atom stereocenters. The van der Waals surface area contributed by atoms with Gasteiger partial charge in [-0.15, -0.1) is 0 Å². The standard InChI is InChI=1S/C7H12BrIO3S/c1-2-13(11,12)7(8,9)6(10)5-3-4-5/h5-6,10H,2-4H2,1H3/t6-,7-/m1/s1. The van der Waals surface area contributed by atoms with Gasteiger partial charge in [0.1, 0.15) is 0 Å². The summed E-state index contributed by atoms with van der Waals surface area (Å²) in [6, 6.07) is 0. The SMILES string of the molecule is CCS(=O)(=O)[C@](Br)(I)[C@H](O)C1CC1. The molecule has 0 aliphatic heterocycles. The number of sulfone groups is 1. The molecule has 1 aliphatic carbocycles. The van der Waals surface area contributed by atoms with Crippen molar-refractivity contribution in [2.45, 2.75) is 27.5 Å². The average molecular weight is 383 g/mol. The van der Waals surface area contributed by atoms with Gasteiger partial charge in [-0.1, -0.05) is 22.9 Å². The average Bonchev–Trinajstić information content (AvgIpc) is 2.85. The van der Waals surface area contributed by atoms with Crippen LogP contribution in [0.1, 0.15) is 19.8 Å². The van der Waals surface area contributed by atoms with Crippen molar-refractivity contribution in [1.29, 1.82) is 0 Å². The van der Waals surface area contributed by atoms with Crippen LogP contribution in [0.4, 0.5) is 0 Å². The first kappa shape index (κ1) is 12.2. The number of rotatable bonds is 4. The van der Waals surface area contributed by atoms with Gasteiger partial charge >= 0.3 is 0 Å². The summed E-state index contributed by atoms with van der Waals surface area (Å²) in [5, 5.41) is 9.75. The maximum absolute atomic E-state index is 11.6.